The number of aromatic amines is 1. The van der Waals surface area contributed by atoms with E-state index < -0.39 is 0 Å². The summed E-state index contributed by atoms with van der Waals surface area (Å²) in [4.78, 5) is 16.0. The maximum atomic E-state index is 13.3. The van der Waals surface area contributed by atoms with Crippen LogP contribution in [0.3, 0.4) is 0 Å². The Morgan fingerprint density at radius 1 is 1.17 bits per heavy atom. The van der Waals surface area contributed by atoms with Gasteiger partial charge in [-0.1, -0.05) is 12.1 Å². The third-order valence-corrected chi connectivity index (χ3v) is 5.30. The van der Waals surface area contributed by atoms with Crippen molar-refractivity contribution >= 4 is 22.8 Å². The highest BCUT2D eigenvalue weighted by atomic mass is 32.2. The number of imidazole rings is 1. The van der Waals surface area contributed by atoms with Crippen LogP contribution in [0.1, 0.15) is 17.5 Å². The number of hydrogen-bond acceptors (Lipinski definition) is 2. The summed E-state index contributed by atoms with van der Waals surface area (Å²) < 4.78 is 15.1. The molecule has 0 aliphatic heterocycles. The number of nitrogens with one attached hydrogen (secondary N) is 1. The number of halogens is 1. The first kappa shape index (κ1) is 15.9. The molecule has 0 fully saturated rings. The standard InChI is InChI=1S/C18H19FN2OS/c1-12-10-14(19)11-13(2)17(12)23-9-5-8-21-16-7-4-3-6-15(16)20-18(21)22/h3-4,6-7,10-11H,5,8-9H2,1-2H3,(H,20,22). The van der Waals surface area contributed by atoms with Crippen molar-refractivity contribution in [2.24, 2.45) is 0 Å². The van der Waals surface area contributed by atoms with Gasteiger partial charge in [-0.15, -0.1) is 11.8 Å². The minimum absolute atomic E-state index is 0.0645. The molecule has 0 aliphatic carbocycles. The zero-order valence-corrected chi connectivity index (χ0v) is 14.0. The molecule has 0 atom stereocenters. The summed E-state index contributed by atoms with van der Waals surface area (Å²) in [5.41, 5.74) is 3.69. The van der Waals surface area contributed by atoms with Gasteiger partial charge < -0.3 is 4.98 Å². The number of aromatic nitrogens is 2. The van der Waals surface area contributed by atoms with Crippen molar-refractivity contribution in [2.45, 2.75) is 31.7 Å². The van der Waals surface area contributed by atoms with Gasteiger partial charge in [0.25, 0.3) is 0 Å². The summed E-state index contributed by atoms with van der Waals surface area (Å²) in [5, 5.41) is 0. The van der Waals surface area contributed by atoms with Gasteiger partial charge in [0, 0.05) is 11.4 Å². The van der Waals surface area contributed by atoms with E-state index in [0.717, 1.165) is 39.2 Å². The van der Waals surface area contributed by atoms with Gasteiger partial charge in [-0.25, -0.2) is 9.18 Å². The Labute approximate surface area is 138 Å². The average Bonchev–Trinajstić information content (AvgIpc) is 2.81. The summed E-state index contributed by atoms with van der Waals surface area (Å²) in [6.07, 6.45) is 0.878. The smallest absolute Gasteiger partial charge is 0.306 e. The van der Waals surface area contributed by atoms with E-state index in [1.807, 2.05) is 38.1 Å². The van der Waals surface area contributed by atoms with E-state index in [2.05, 4.69) is 4.98 Å². The minimum Gasteiger partial charge on any atom is -0.306 e. The van der Waals surface area contributed by atoms with Crippen LogP contribution in [0.4, 0.5) is 4.39 Å². The van der Waals surface area contributed by atoms with Gasteiger partial charge in [0.2, 0.25) is 0 Å². The second-order valence-corrected chi connectivity index (χ2v) is 6.77. The maximum absolute atomic E-state index is 13.3. The van der Waals surface area contributed by atoms with Crippen LogP contribution in [0.15, 0.2) is 46.1 Å². The summed E-state index contributed by atoms with van der Waals surface area (Å²) >= 11 is 1.72. The monoisotopic (exact) mass is 330 g/mol. The Kier molecular flexibility index (Phi) is 4.57. The Balaban J connectivity index is 1.66. The van der Waals surface area contributed by atoms with Gasteiger partial charge in [-0.05, 0) is 61.4 Å². The van der Waals surface area contributed by atoms with E-state index in [9.17, 15) is 9.18 Å². The minimum atomic E-state index is -0.185. The van der Waals surface area contributed by atoms with Gasteiger partial charge in [0.05, 0.1) is 11.0 Å². The van der Waals surface area contributed by atoms with Crippen LogP contribution in [-0.4, -0.2) is 15.3 Å². The van der Waals surface area contributed by atoms with Gasteiger partial charge in [0.15, 0.2) is 0 Å². The number of thioether (sulfide) groups is 1. The first-order valence-electron chi connectivity index (χ1n) is 7.63. The number of hydrogen-bond donors (Lipinski definition) is 1. The molecule has 2 aromatic carbocycles. The molecule has 23 heavy (non-hydrogen) atoms. The first-order valence-corrected chi connectivity index (χ1v) is 8.62. The number of aryl methyl sites for hydroxylation is 3. The topological polar surface area (TPSA) is 37.8 Å². The normalized spacial score (nSPS) is 11.3. The molecule has 1 aromatic heterocycles. The molecule has 0 radical (unpaired) electrons. The van der Waals surface area contributed by atoms with Crippen molar-refractivity contribution in [3.05, 3.63) is 63.8 Å². The molecule has 3 nitrogen and oxygen atoms in total. The number of fused-ring (bicyclic) bond motifs is 1. The average molecular weight is 330 g/mol. The molecule has 120 valence electrons. The molecule has 0 spiro atoms. The highest BCUT2D eigenvalue weighted by Gasteiger charge is 2.08. The molecule has 0 unspecified atom stereocenters. The molecule has 0 bridgehead atoms. The van der Waals surface area contributed by atoms with E-state index >= 15 is 0 Å². The molecule has 1 heterocycles. The summed E-state index contributed by atoms with van der Waals surface area (Å²) in [7, 11) is 0. The largest absolute Gasteiger partial charge is 0.326 e. The fraction of sp³-hybridized carbons (Fsp3) is 0.278. The SMILES string of the molecule is Cc1cc(F)cc(C)c1SCCCn1c(=O)[nH]c2ccccc21. The van der Waals surface area contributed by atoms with Crippen molar-refractivity contribution < 1.29 is 4.39 Å². The fourth-order valence-electron chi connectivity index (χ4n) is 2.85. The molecule has 3 aromatic rings. The van der Waals surface area contributed by atoms with Crippen LogP contribution in [0, 0.1) is 19.7 Å². The molecule has 0 saturated carbocycles. The number of H-pyrrole nitrogens is 1. The fourth-order valence-corrected chi connectivity index (χ4v) is 3.90. The lowest BCUT2D eigenvalue weighted by Crippen LogP contribution is -2.17. The van der Waals surface area contributed by atoms with Crippen LogP contribution < -0.4 is 5.69 Å². The number of para-hydroxylation sites is 2. The van der Waals surface area contributed by atoms with Crippen LogP contribution in [0.5, 0.6) is 0 Å². The van der Waals surface area contributed by atoms with Gasteiger partial charge in [-0.2, -0.15) is 0 Å². The highest BCUT2D eigenvalue weighted by molar-refractivity contribution is 7.99. The third-order valence-electron chi connectivity index (χ3n) is 3.88. The zero-order valence-electron chi connectivity index (χ0n) is 13.2. The Morgan fingerprint density at radius 3 is 2.61 bits per heavy atom. The number of benzene rings is 2. The molecular weight excluding hydrogens is 311 g/mol. The van der Waals surface area contributed by atoms with Gasteiger partial charge in [0.1, 0.15) is 5.82 Å². The quantitative estimate of drug-likeness (QED) is 0.560. The highest BCUT2D eigenvalue weighted by Crippen LogP contribution is 2.27. The van der Waals surface area contributed by atoms with E-state index in [1.54, 1.807) is 28.5 Å². The lowest BCUT2D eigenvalue weighted by atomic mass is 10.1. The van der Waals surface area contributed by atoms with E-state index in [-0.39, 0.29) is 11.5 Å². The number of rotatable bonds is 5. The predicted molar refractivity (Wildman–Crippen MR) is 93.8 cm³/mol. The van der Waals surface area contributed by atoms with Crippen molar-refractivity contribution in [3.8, 4) is 0 Å². The van der Waals surface area contributed by atoms with E-state index in [0.29, 0.717) is 6.54 Å². The van der Waals surface area contributed by atoms with Crippen molar-refractivity contribution in [1.29, 1.82) is 0 Å². The van der Waals surface area contributed by atoms with E-state index in [1.165, 1.54) is 0 Å². The molecule has 0 amide bonds. The molecule has 3 rings (SSSR count). The van der Waals surface area contributed by atoms with Crippen LogP contribution in [-0.2, 0) is 6.54 Å². The van der Waals surface area contributed by atoms with Crippen molar-refractivity contribution in [3.63, 3.8) is 0 Å². The maximum Gasteiger partial charge on any atom is 0.326 e. The Bertz CT molecular complexity index is 874. The molecule has 1 N–H and O–H groups in total. The zero-order chi connectivity index (χ0) is 16.4. The van der Waals surface area contributed by atoms with Crippen LogP contribution >= 0.6 is 11.8 Å². The summed E-state index contributed by atoms with van der Waals surface area (Å²) in [5.74, 6) is 0.703. The molecule has 5 heteroatoms. The third kappa shape index (κ3) is 3.34. The second kappa shape index (κ2) is 6.62. The Morgan fingerprint density at radius 2 is 1.87 bits per heavy atom. The molecule has 0 saturated heterocycles. The molecular formula is C18H19FN2OS. The number of nitrogens with zero attached hydrogens (tertiary/aromatic N) is 1. The van der Waals surface area contributed by atoms with Gasteiger partial charge >= 0.3 is 5.69 Å². The lowest BCUT2D eigenvalue weighted by molar-refractivity contribution is 0.623. The van der Waals surface area contributed by atoms with Crippen LogP contribution in [0.25, 0.3) is 11.0 Å². The van der Waals surface area contributed by atoms with Crippen molar-refractivity contribution in [2.75, 3.05) is 5.75 Å². The Hall–Kier alpha value is -2.01. The predicted octanol–water partition coefficient (Wildman–Crippen LogP) is 4.27. The molecule has 0 aliphatic rings. The summed E-state index contributed by atoms with van der Waals surface area (Å²) in [6, 6.07) is 10.9. The lowest BCUT2D eigenvalue weighted by Gasteiger charge is -2.10. The van der Waals surface area contributed by atoms with Crippen molar-refractivity contribution in [1.82, 2.24) is 9.55 Å². The van der Waals surface area contributed by atoms with Gasteiger partial charge in [-0.3, -0.25) is 4.57 Å². The van der Waals surface area contributed by atoms with Crippen LogP contribution in [0.2, 0.25) is 0 Å². The van der Waals surface area contributed by atoms with E-state index in [4.69, 9.17) is 0 Å². The first-order chi connectivity index (χ1) is 11.1. The second-order valence-electron chi connectivity index (χ2n) is 5.67. The summed E-state index contributed by atoms with van der Waals surface area (Å²) in [6.45, 7) is 4.54.